The smallest absolute Gasteiger partial charge is 0.286 e. The SMILES string of the molecule is O=C1CCN(C(=O)CCNC(=O)c2ccco2)CCN1. The van der Waals surface area contributed by atoms with Gasteiger partial charge in [-0.3, -0.25) is 14.4 Å². The van der Waals surface area contributed by atoms with Gasteiger partial charge in [-0.25, -0.2) is 0 Å². The molecular formula is C13H17N3O4. The Morgan fingerprint density at radius 3 is 3.00 bits per heavy atom. The van der Waals surface area contributed by atoms with Gasteiger partial charge in [-0.15, -0.1) is 0 Å². The molecule has 108 valence electrons. The van der Waals surface area contributed by atoms with E-state index in [1.807, 2.05) is 0 Å². The molecule has 1 saturated heterocycles. The van der Waals surface area contributed by atoms with E-state index in [2.05, 4.69) is 10.6 Å². The summed E-state index contributed by atoms with van der Waals surface area (Å²) < 4.78 is 4.94. The Bertz CT molecular complexity index is 484. The van der Waals surface area contributed by atoms with Crippen molar-refractivity contribution in [2.75, 3.05) is 26.2 Å². The van der Waals surface area contributed by atoms with Crippen LogP contribution in [0, 0.1) is 0 Å². The van der Waals surface area contributed by atoms with Crippen LogP contribution < -0.4 is 10.6 Å². The summed E-state index contributed by atoms with van der Waals surface area (Å²) in [5, 5.41) is 5.32. The van der Waals surface area contributed by atoms with E-state index in [1.54, 1.807) is 17.0 Å². The Balaban J connectivity index is 1.72. The van der Waals surface area contributed by atoms with Crippen molar-refractivity contribution < 1.29 is 18.8 Å². The summed E-state index contributed by atoms with van der Waals surface area (Å²) in [7, 11) is 0. The standard InChI is InChI=1S/C13H17N3O4/c17-11-4-7-16(8-6-14-11)12(18)3-5-15-13(19)10-2-1-9-20-10/h1-2,9H,3-8H2,(H,14,17)(H,15,19). The molecule has 7 heteroatoms. The minimum absolute atomic E-state index is 0.0357. The number of hydrogen-bond acceptors (Lipinski definition) is 4. The highest BCUT2D eigenvalue weighted by atomic mass is 16.3. The van der Waals surface area contributed by atoms with Crippen LogP contribution in [0.15, 0.2) is 22.8 Å². The molecule has 0 radical (unpaired) electrons. The van der Waals surface area contributed by atoms with Crippen LogP contribution in [0.1, 0.15) is 23.4 Å². The Morgan fingerprint density at radius 2 is 2.25 bits per heavy atom. The number of rotatable bonds is 4. The number of nitrogens with one attached hydrogen (secondary N) is 2. The fourth-order valence-corrected chi connectivity index (χ4v) is 1.95. The molecule has 2 N–H and O–H groups in total. The number of carbonyl (C=O) groups is 3. The van der Waals surface area contributed by atoms with Crippen LogP contribution in [-0.4, -0.2) is 48.8 Å². The van der Waals surface area contributed by atoms with Gasteiger partial charge in [-0.1, -0.05) is 0 Å². The van der Waals surface area contributed by atoms with Crippen LogP contribution in [0.25, 0.3) is 0 Å². The predicted molar refractivity (Wildman–Crippen MR) is 69.9 cm³/mol. The molecule has 0 bridgehead atoms. The molecule has 20 heavy (non-hydrogen) atoms. The summed E-state index contributed by atoms with van der Waals surface area (Å²) in [6.45, 7) is 1.66. The van der Waals surface area contributed by atoms with E-state index >= 15 is 0 Å². The Kier molecular flexibility index (Phi) is 4.75. The van der Waals surface area contributed by atoms with Gasteiger partial charge in [0, 0.05) is 39.0 Å². The summed E-state index contributed by atoms with van der Waals surface area (Å²) in [6.07, 6.45) is 1.95. The average molecular weight is 279 g/mol. The predicted octanol–water partition coefficient (Wildman–Crippen LogP) is -0.252. The topological polar surface area (TPSA) is 91.7 Å². The average Bonchev–Trinajstić information content (AvgIpc) is 2.88. The molecular weight excluding hydrogens is 262 g/mol. The Labute approximate surface area is 116 Å². The summed E-state index contributed by atoms with van der Waals surface area (Å²) in [5.74, 6) is -0.217. The maximum Gasteiger partial charge on any atom is 0.286 e. The van der Waals surface area contributed by atoms with E-state index < -0.39 is 0 Å². The number of nitrogens with zero attached hydrogens (tertiary/aromatic N) is 1. The molecule has 1 aromatic rings. The lowest BCUT2D eigenvalue weighted by Crippen LogP contribution is -2.36. The fourth-order valence-electron chi connectivity index (χ4n) is 1.95. The summed E-state index contributed by atoms with van der Waals surface area (Å²) in [5.41, 5.74) is 0. The highest BCUT2D eigenvalue weighted by Crippen LogP contribution is 2.01. The van der Waals surface area contributed by atoms with E-state index in [9.17, 15) is 14.4 Å². The molecule has 1 fully saturated rings. The van der Waals surface area contributed by atoms with Gasteiger partial charge in [0.15, 0.2) is 5.76 Å². The van der Waals surface area contributed by atoms with Crippen molar-refractivity contribution in [1.29, 1.82) is 0 Å². The number of carbonyl (C=O) groups excluding carboxylic acids is 3. The van der Waals surface area contributed by atoms with Gasteiger partial charge in [0.25, 0.3) is 5.91 Å². The molecule has 0 aliphatic carbocycles. The molecule has 2 rings (SSSR count). The van der Waals surface area contributed by atoms with Crippen molar-refractivity contribution in [2.45, 2.75) is 12.8 Å². The third kappa shape index (κ3) is 3.84. The van der Waals surface area contributed by atoms with Gasteiger partial charge >= 0.3 is 0 Å². The third-order valence-electron chi connectivity index (χ3n) is 3.03. The van der Waals surface area contributed by atoms with E-state index in [1.165, 1.54) is 6.26 Å². The van der Waals surface area contributed by atoms with Crippen LogP contribution >= 0.6 is 0 Å². The van der Waals surface area contributed by atoms with Crippen LogP contribution in [0.4, 0.5) is 0 Å². The first-order valence-electron chi connectivity index (χ1n) is 6.53. The highest BCUT2D eigenvalue weighted by molar-refractivity contribution is 5.91. The Morgan fingerprint density at radius 1 is 1.40 bits per heavy atom. The van der Waals surface area contributed by atoms with Gasteiger partial charge in [-0.05, 0) is 12.1 Å². The molecule has 0 aromatic carbocycles. The molecule has 0 atom stereocenters. The van der Waals surface area contributed by atoms with Crippen molar-refractivity contribution in [3.8, 4) is 0 Å². The minimum Gasteiger partial charge on any atom is -0.459 e. The minimum atomic E-state index is -0.337. The van der Waals surface area contributed by atoms with Crippen molar-refractivity contribution in [1.82, 2.24) is 15.5 Å². The molecule has 1 aliphatic rings. The lowest BCUT2D eigenvalue weighted by molar-refractivity contribution is -0.130. The van der Waals surface area contributed by atoms with Crippen molar-refractivity contribution in [3.05, 3.63) is 24.2 Å². The van der Waals surface area contributed by atoms with Crippen molar-refractivity contribution in [3.63, 3.8) is 0 Å². The first kappa shape index (κ1) is 14.1. The first-order chi connectivity index (χ1) is 9.66. The third-order valence-corrected chi connectivity index (χ3v) is 3.03. The normalized spacial score (nSPS) is 15.4. The van der Waals surface area contributed by atoms with Gasteiger partial charge in [0.1, 0.15) is 0 Å². The monoisotopic (exact) mass is 279 g/mol. The molecule has 0 spiro atoms. The quantitative estimate of drug-likeness (QED) is 0.795. The molecule has 7 nitrogen and oxygen atoms in total. The molecule has 1 aromatic heterocycles. The Hall–Kier alpha value is -2.31. The van der Waals surface area contributed by atoms with E-state index in [0.717, 1.165) is 0 Å². The molecule has 2 heterocycles. The van der Waals surface area contributed by atoms with Crippen LogP contribution in [0.3, 0.4) is 0 Å². The van der Waals surface area contributed by atoms with Gasteiger partial charge in [0.05, 0.1) is 6.26 Å². The second-order valence-corrected chi connectivity index (χ2v) is 4.46. The zero-order chi connectivity index (χ0) is 14.4. The van der Waals surface area contributed by atoms with Gasteiger partial charge in [-0.2, -0.15) is 0 Å². The molecule has 3 amide bonds. The van der Waals surface area contributed by atoms with Crippen molar-refractivity contribution in [2.24, 2.45) is 0 Å². The fraction of sp³-hybridized carbons (Fsp3) is 0.462. The lowest BCUT2D eigenvalue weighted by Gasteiger charge is -2.19. The van der Waals surface area contributed by atoms with Crippen LogP contribution in [-0.2, 0) is 9.59 Å². The van der Waals surface area contributed by atoms with Gasteiger partial charge < -0.3 is 20.0 Å². The van der Waals surface area contributed by atoms with Crippen LogP contribution in [0.2, 0.25) is 0 Å². The van der Waals surface area contributed by atoms with E-state index in [4.69, 9.17) is 4.42 Å². The maximum absolute atomic E-state index is 11.9. The highest BCUT2D eigenvalue weighted by Gasteiger charge is 2.18. The van der Waals surface area contributed by atoms with E-state index in [0.29, 0.717) is 26.1 Å². The largest absolute Gasteiger partial charge is 0.459 e. The number of amides is 3. The van der Waals surface area contributed by atoms with Crippen molar-refractivity contribution >= 4 is 17.7 Å². The van der Waals surface area contributed by atoms with E-state index in [-0.39, 0.29) is 36.4 Å². The molecule has 0 unspecified atom stereocenters. The lowest BCUT2D eigenvalue weighted by atomic mass is 10.3. The second kappa shape index (κ2) is 6.74. The number of furan rings is 1. The first-order valence-corrected chi connectivity index (χ1v) is 6.53. The maximum atomic E-state index is 11.9. The second-order valence-electron chi connectivity index (χ2n) is 4.46. The summed E-state index contributed by atoms with van der Waals surface area (Å²) >= 11 is 0. The summed E-state index contributed by atoms with van der Waals surface area (Å²) in [4.78, 5) is 36.3. The molecule has 0 saturated carbocycles. The van der Waals surface area contributed by atoms with Gasteiger partial charge in [0.2, 0.25) is 11.8 Å². The number of hydrogen-bond donors (Lipinski definition) is 2. The summed E-state index contributed by atoms with van der Waals surface area (Å²) in [6, 6.07) is 3.19. The molecule has 1 aliphatic heterocycles. The van der Waals surface area contributed by atoms with Crippen LogP contribution in [0.5, 0.6) is 0 Å². The zero-order valence-electron chi connectivity index (χ0n) is 11.1. The zero-order valence-corrected chi connectivity index (χ0v) is 11.1.